The fraction of sp³-hybridized carbons (Fsp3) is 0.571. The molecule has 4 N–H and O–H groups in total. The van der Waals surface area contributed by atoms with E-state index in [1.54, 1.807) is 0 Å². The van der Waals surface area contributed by atoms with Crippen LogP contribution in [0.25, 0.3) is 0 Å². The SMILES string of the molecule is O=C(C[C@H]1C/C=C\CCCCC(=O)OCC(CCCCNC(=O)OCc2ccccc2)NC1=O)NCCO. The standard InChI is InChI=1S/C28H41N3O7/c32-18-17-29-25(33)19-23-13-7-2-1-3-8-15-26(34)37-21-24(31-27(23)35)14-9-10-16-30-28(36)38-20-22-11-5-4-6-12-22/h2,4-7,11-12,23-24,32H,1,3,8-10,13-21H2,(H,29,33)(H,30,36)(H,31,35)/b7-2-/t23-,24?/m1/s1. The summed E-state index contributed by atoms with van der Waals surface area (Å²) in [5, 5.41) is 17.2. The fourth-order valence-corrected chi connectivity index (χ4v) is 3.95. The number of hydrogen-bond acceptors (Lipinski definition) is 7. The average molecular weight is 532 g/mol. The van der Waals surface area contributed by atoms with Gasteiger partial charge in [-0.1, -0.05) is 42.5 Å². The molecule has 0 spiro atoms. The molecule has 1 aromatic carbocycles. The van der Waals surface area contributed by atoms with Gasteiger partial charge in [-0.3, -0.25) is 14.4 Å². The Morgan fingerprint density at radius 1 is 1.05 bits per heavy atom. The highest BCUT2D eigenvalue weighted by atomic mass is 16.5. The third kappa shape index (κ3) is 13.8. The van der Waals surface area contributed by atoms with Crippen LogP contribution in [0.3, 0.4) is 0 Å². The van der Waals surface area contributed by atoms with Crippen molar-refractivity contribution in [2.75, 3.05) is 26.3 Å². The molecule has 0 saturated carbocycles. The zero-order valence-corrected chi connectivity index (χ0v) is 22.0. The van der Waals surface area contributed by atoms with Crippen molar-refractivity contribution in [1.82, 2.24) is 16.0 Å². The summed E-state index contributed by atoms with van der Waals surface area (Å²) in [7, 11) is 0. The number of cyclic esters (lactones) is 1. The van der Waals surface area contributed by atoms with Gasteiger partial charge in [0, 0.05) is 25.9 Å². The first-order chi connectivity index (χ1) is 18.5. The number of rotatable bonds is 11. The molecule has 38 heavy (non-hydrogen) atoms. The highest BCUT2D eigenvalue weighted by Crippen LogP contribution is 2.14. The smallest absolute Gasteiger partial charge is 0.407 e. The van der Waals surface area contributed by atoms with Gasteiger partial charge in [-0.2, -0.15) is 0 Å². The van der Waals surface area contributed by atoms with Gasteiger partial charge in [-0.05, 0) is 50.5 Å². The number of hydrogen-bond donors (Lipinski definition) is 4. The molecule has 0 aliphatic carbocycles. The molecule has 0 aromatic heterocycles. The maximum Gasteiger partial charge on any atom is 0.407 e. The molecule has 0 fully saturated rings. The third-order valence-corrected chi connectivity index (χ3v) is 6.08. The molecule has 1 unspecified atom stereocenters. The van der Waals surface area contributed by atoms with E-state index in [2.05, 4.69) is 16.0 Å². The van der Waals surface area contributed by atoms with E-state index in [-0.39, 0.29) is 50.6 Å². The lowest BCUT2D eigenvalue weighted by molar-refractivity contribution is -0.145. The van der Waals surface area contributed by atoms with E-state index in [1.165, 1.54) is 0 Å². The Morgan fingerprint density at radius 2 is 1.87 bits per heavy atom. The van der Waals surface area contributed by atoms with Gasteiger partial charge in [0.1, 0.15) is 13.2 Å². The number of amides is 3. The van der Waals surface area contributed by atoms with Crippen LogP contribution in [-0.2, 0) is 30.5 Å². The number of aliphatic hydroxyl groups is 1. The van der Waals surface area contributed by atoms with Crippen LogP contribution in [0.1, 0.15) is 63.4 Å². The zero-order valence-electron chi connectivity index (χ0n) is 22.0. The van der Waals surface area contributed by atoms with Crippen LogP contribution in [0.2, 0.25) is 0 Å². The average Bonchev–Trinajstić information content (AvgIpc) is 2.92. The van der Waals surface area contributed by atoms with Gasteiger partial charge >= 0.3 is 12.1 Å². The summed E-state index contributed by atoms with van der Waals surface area (Å²) < 4.78 is 10.6. The number of nitrogens with one attached hydrogen (secondary N) is 3. The van der Waals surface area contributed by atoms with Crippen LogP contribution in [0.15, 0.2) is 42.5 Å². The lowest BCUT2D eigenvalue weighted by Crippen LogP contribution is -2.43. The van der Waals surface area contributed by atoms with E-state index in [1.807, 2.05) is 42.5 Å². The monoisotopic (exact) mass is 531 g/mol. The molecule has 0 saturated heterocycles. The van der Waals surface area contributed by atoms with Crippen molar-refractivity contribution in [3.63, 3.8) is 0 Å². The molecule has 2 rings (SSSR count). The summed E-state index contributed by atoms with van der Waals surface area (Å²) in [6.45, 7) is 0.619. The lowest BCUT2D eigenvalue weighted by atomic mass is 9.98. The van der Waals surface area contributed by atoms with Crippen molar-refractivity contribution < 1.29 is 33.8 Å². The number of carbonyl (C=O) groups is 4. The van der Waals surface area contributed by atoms with Crippen molar-refractivity contribution in [1.29, 1.82) is 0 Å². The largest absolute Gasteiger partial charge is 0.463 e. The molecule has 1 aromatic rings. The number of benzene rings is 1. The first-order valence-corrected chi connectivity index (χ1v) is 13.4. The number of ether oxygens (including phenoxy) is 2. The van der Waals surface area contributed by atoms with Gasteiger partial charge < -0.3 is 30.5 Å². The molecular weight excluding hydrogens is 490 g/mol. The van der Waals surface area contributed by atoms with Gasteiger partial charge in [0.2, 0.25) is 11.8 Å². The Labute approximate surface area is 224 Å². The van der Waals surface area contributed by atoms with Gasteiger partial charge in [0.05, 0.1) is 18.6 Å². The Balaban J connectivity index is 1.85. The normalized spacial score (nSPS) is 19.8. The summed E-state index contributed by atoms with van der Waals surface area (Å²) in [6, 6.07) is 9.00. The Morgan fingerprint density at radius 3 is 2.66 bits per heavy atom. The van der Waals surface area contributed by atoms with Gasteiger partial charge in [0.25, 0.3) is 0 Å². The number of alkyl carbamates (subject to hydrolysis) is 1. The summed E-state index contributed by atoms with van der Waals surface area (Å²) in [4.78, 5) is 49.3. The first-order valence-electron chi connectivity index (χ1n) is 13.4. The number of unbranched alkanes of at least 4 members (excludes halogenated alkanes) is 1. The predicted molar refractivity (Wildman–Crippen MR) is 142 cm³/mol. The summed E-state index contributed by atoms with van der Waals surface area (Å²) in [5.74, 6) is -1.46. The Bertz CT molecular complexity index is 892. The second-order valence-corrected chi connectivity index (χ2v) is 9.30. The second-order valence-electron chi connectivity index (χ2n) is 9.30. The van der Waals surface area contributed by atoms with E-state index in [0.717, 1.165) is 24.8 Å². The molecule has 210 valence electrons. The fourth-order valence-electron chi connectivity index (χ4n) is 3.95. The van der Waals surface area contributed by atoms with E-state index in [9.17, 15) is 19.2 Å². The number of carbonyl (C=O) groups excluding carboxylic acids is 4. The first kappa shape index (κ1) is 30.8. The van der Waals surface area contributed by atoms with Crippen LogP contribution in [0.5, 0.6) is 0 Å². The Hall–Kier alpha value is -3.40. The number of allylic oxidation sites excluding steroid dienone is 2. The molecule has 3 amide bonds. The van der Waals surface area contributed by atoms with E-state index >= 15 is 0 Å². The molecule has 10 nitrogen and oxygen atoms in total. The third-order valence-electron chi connectivity index (χ3n) is 6.08. The zero-order chi connectivity index (χ0) is 27.4. The molecule has 1 aliphatic heterocycles. The summed E-state index contributed by atoms with van der Waals surface area (Å²) >= 11 is 0. The van der Waals surface area contributed by atoms with Crippen molar-refractivity contribution in [2.45, 2.75) is 70.4 Å². The minimum atomic E-state index is -0.577. The van der Waals surface area contributed by atoms with Gasteiger partial charge in [0.15, 0.2) is 0 Å². The predicted octanol–water partition coefficient (Wildman–Crippen LogP) is 2.75. The molecule has 1 aliphatic rings. The lowest BCUT2D eigenvalue weighted by Gasteiger charge is -2.22. The van der Waals surface area contributed by atoms with Crippen molar-refractivity contribution in [3.05, 3.63) is 48.0 Å². The van der Waals surface area contributed by atoms with Crippen molar-refractivity contribution in [3.8, 4) is 0 Å². The topological polar surface area (TPSA) is 143 Å². The quantitative estimate of drug-likeness (QED) is 0.195. The van der Waals surface area contributed by atoms with Gasteiger partial charge in [-0.15, -0.1) is 0 Å². The minimum absolute atomic E-state index is 0.00229. The molecule has 1 heterocycles. The van der Waals surface area contributed by atoms with Crippen LogP contribution in [0.4, 0.5) is 4.79 Å². The minimum Gasteiger partial charge on any atom is -0.463 e. The molecule has 0 bridgehead atoms. The van der Waals surface area contributed by atoms with Crippen molar-refractivity contribution >= 4 is 23.9 Å². The summed E-state index contributed by atoms with van der Waals surface area (Å²) in [5.41, 5.74) is 0.904. The molecule has 2 atom stereocenters. The summed E-state index contributed by atoms with van der Waals surface area (Å²) in [6.07, 6.45) is 8.33. The van der Waals surface area contributed by atoms with E-state index < -0.39 is 18.1 Å². The van der Waals surface area contributed by atoms with Crippen LogP contribution >= 0.6 is 0 Å². The van der Waals surface area contributed by atoms with Crippen LogP contribution in [0, 0.1) is 5.92 Å². The molecule has 0 radical (unpaired) electrons. The maximum atomic E-state index is 13.1. The van der Waals surface area contributed by atoms with Crippen molar-refractivity contribution in [2.24, 2.45) is 5.92 Å². The number of aliphatic hydroxyl groups excluding tert-OH is 1. The number of esters is 1. The van der Waals surface area contributed by atoms with Crippen LogP contribution in [-0.4, -0.2) is 61.3 Å². The Kier molecular flexibility index (Phi) is 15.2. The van der Waals surface area contributed by atoms with Crippen LogP contribution < -0.4 is 16.0 Å². The van der Waals surface area contributed by atoms with E-state index in [0.29, 0.717) is 38.6 Å². The highest BCUT2D eigenvalue weighted by Gasteiger charge is 2.24. The maximum absolute atomic E-state index is 13.1. The van der Waals surface area contributed by atoms with Gasteiger partial charge in [-0.25, -0.2) is 4.79 Å². The second kappa shape index (κ2) is 18.8. The molecular formula is C28H41N3O7. The molecule has 10 heteroatoms. The highest BCUT2D eigenvalue weighted by molar-refractivity contribution is 5.86. The van der Waals surface area contributed by atoms with E-state index in [4.69, 9.17) is 14.6 Å².